The third-order valence-electron chi connectivity index (χ3n) is 2.81. The molecule has 1 aliphatic rings. The van der Waals surface area contributed by atoms with Crippen molar-refractivity contribution in [3.05, 3.63) is 29.8 Å². The largest absolute Gasteiger partial charge is 0.508 e. The third kappa shape index (κ3) is 2.07. The highest BCUT2D eigenvalue weighted by atomic mass is 16.6. The third-order valence-corrected chi connectivity index (χ3v) is 2.81. The van der Waals surface area contributed by atoms with E-state index in [9.17, 15) is 0 Å². The van der Waals surface area contributed by atoms with Gasteiger partial charge in [0.15, 0.2) is 0 Å². The van der Waals surface area contributed by atoms with Gasteiger partial charge in [-0.05, 0) is 37.0 Å². The molecule has 0 aromatic heterocycles. The van der Waals surface area contributed by atoms with Gasteiger partial charge in [0.05, 0.1) is 12.2 Å². The van der Waals surface area contributed by atoms with Gasteiger partial charge in [0.1, 0.15) is 5.75 Å². The highest BCUT2D eigenvalue weighted by molar-refractivity contribution is 5.26. The second-order valence-corrected chi connectivity index (χ2v) is 4.15. The van der Waals surface area contributed by atoms with Gasteiger partial charge in [-0.25, -0.2) is 0 Å². The molecule has 2 heteroatoms. The van der Waals surface area contributed by atoms with Crippen molar-refractivity contribution in [2.24, 2.45) is 5.92 Å². The van der Waals surface area contributed by atoms with Crippen LogP contribution in [-0.2, 0) is 11.2 Å². The molecule has 1 saturated heterocycles. The standard InChI is InChI=1S/C12H16O2/c1-8(12-9(2)14-12)7-10-3-5-11(13)6-4-10/h3-6,8-9,12-13H,7H2,1-2H3. The predicted molar refractivity (Wildman–Crippen MR) is 55.3 cm³/mol. The number of rotatable bonds is 3. The van der Waals surface area contributed by atoms with E-state index in [0.29, 0.717) is 23.9 Å². The minimum atomic E-state index is 0.331. The number of ether oxygens (including phenoxy) is 1. The van der Waals surface area contributed by atoms with Crippen molar-refractivity contribution < 1.29 is 9.84 Å². The van der Waals surface area contributed by atoms with Crippen molar-refractivity contribution in [2.45, 2.75) is 32.5 Å². The van der Waals surface area contributed by atoms with Gasteiger partial charge < -0.3 is 9.84 Å². The van der Waals surface area contributed by atoms with Crippen LogP contribution in [0.4, 0.5) is 0 Å². The first-order valence-corrected chi connectivity index (χ1v) is 5.10. The molecule has 14 heavy (non-hydrogen) atoms. The summed E-state index contributed by atoms with van der Waals surface area (Å²) >= 11 is 0. The van der Waals surface area contributed by atoms with Crippen molar-refractivity contribution in [1.29, 1.82) is 0 Å². The van der Waals surface area contributed by atoms with E-state index in [2.05, 4.69) is 13.8 Å². The molecule has 3 atom stereocenters. The number of phenolic OH excluding ortho intramolecular Hbond substituents is 1. The van der Waals surface area contributed by atoms with Crippen LogP contribution in [0.5, 0.6) is 5.75 Å². The Morgan fingerprint density at radius 1 is 1.36 bits per heavy atom. The number of aromatic hydroxyl groups is 1. The van der Waals surface area contributed by atoms with Crippen LogP contribution in [0.15, 0.2) is 24.3 Å². The van der Waals surface area contributed by atoms with E-state index in [0.717, 1.165) is 6.42 Å². The molecule has 1 aliphatic heterocycles. The van der Waals surface area contributed by atoms with Crippen LogP contribution in [0, 0.1) is 5.92 Å². The molecule has 0 saturated carbocycles. The van der Waals surface area contributed by atoms with E-state index >= 15 is 0 Å². The van der Waals surface area contributed by atoms with Crippen molar-refractivity contribution >= 4 is 0 Å². The zero-order valence-corrected chi connectivity index (χ0v) is 8.60. The van der Waals surface area contributed by atoms with E-state index in [1.807, 2.05) is 12.1 Å². The summed E-state index contributed by atoms with van der Waals surface area (Å²) < 4.78 is 5.43. The molecule has 1 heterocycles. The molecular formula is C12H16O2. The van der Waals surface area contributed by atoms with Gasteiger partial charge >= 0.3 is 0 Å². The Labute approximate surface area is 84.5 Å². The Kier molecular flexibility index (Phi) is 2.46. The number of benzene rings is 1. The zero-order valence-electron chi connectivity index (χ0n) is 8.60. The molecule has 2 rings (SSSR count). The van der Waals surface area contributed by atoms with E-state index in [1.54, 1.807) is 12.1 Å². The molecule has 2 nitrogen and oxygen atoms in total. The lowest BCUT2D eigenvalue weighted by Crippen LogP contribution is -2.08. The summed E-state index contributed by atoms with van der Waals surface area (Å²) in [7, 11) is 0. The van der Waals surface area contributed by atoms with Gasteiger partial charge in [0, 0.05) is 0 Å². The number of epoxide rings is 1. The van der Waals surface area contributed by atoms with Crippen molar-refractivity contribution in [1.82, 2.24) is 0 Å². The average Bonchev–Trinajstić information content (AvgIpc) is 2.87. The van der Waals surface area contributed by atoms with Crippen LogP contribution in [-0.4, -0.2) is 17.3 Å². The fourth-order valence-corrected chi connectivity index (χ4v) is 1.92. The zero-order chi connectivity index (χ0) is 10.1. The topological polar surface area (TPSA) is 32.8 Å². The molecule has 0 bridgehead atoms. The monoisotopic (exact) mass is 192 g/mol. The molecule has 0 spiro atoms. The minimum absolute atomic E-state index is 0.331. The summed E-state index contributed by atoms with van der Waals surface area (Å²) in [4.78, 5) is 0. The van der Waals surface area contributed by atoms with Gasteiger partial charge in [0.25, 0.3) is 0 Å². The number of hydrogen-bond acceptors (Lipinski definition) is 2. The second-order valence-electron chi connectivity index (χ2n) is 4.15. The lowest BCUT2D eigenvalue weighted by molar-refractivity contribution is 0.328. The first-order chi connectivity index (χ1) is 6.66. The average molecular weight is 192 g/mol. The van der Waals surface area contributed by atoms with Gasteiger partial charge in [-0.15, -0.1) is 0 Å². The molecule has 1 fully saturated rings. The van der Waals surface area contributed by atoms with Crippen molar-refractivity contribution in [3.8, 4) is 5.75 Å². The van der Waals surface area contributed by atoms with Crippen LogP contribution < -0.4 is 0 Å². The SMILES string of the molecule is CC(Cc1ccc(O)cc1)C1OC1C. The van der Waals surface area contributed by atoms with E-state index in [1.165, 1.54) is 5.56 Å². The summed E-state index contributed by atoms with van der Waals surface area (Å²) in [6, 6.07) is 7.41. The molecule has 76 valence electrons. The van der Waals surface area contributed by atoms with Crippen LogP contribution in [0.2, 0.25) is 0 Å². The molecule has 0 amide bonds. The van der Waals surface area contributed by atoms with E-state index in [4.69, 9.17) is 9.84 Å². The van der Waals surface area contributed by atoms with Crippen molar-refractivity contribution in [2.75, 3.05) is 0 Å². The molecule has 1 aromatic rings. The summed E-state index contributed by atoms with van der Waals surface area (Å²) in [5.74, 6) is 0.895. The Bertz CT molecular complexity index is 305. The Balaban J connectivity index is 1.93. The maximum Gasteiger partial charge on any atom is 0.115 e. The van der Waals surface area contributed by atoms with Crippen LogP contribution >= 0.6 is 0 Å². The number of phenols is 1. The second kappa shape index (κ2) is 3.62. The number of hydrogen-bond donors (Lipinski definition) is 1. The Hall–Kier alpha value is -1.02. The predicted octanol–water partition coefficient (Wildman–Crippen LogP) is 2.36. The molecule has 3 unspecified atom stereocenters. The fourth-order valence-electron chi connectivity index (χ4n) is 1.92. The first kappa shape index (κ1) is 9.53. The maximum atomic E-state index is 9.13. The lowest BCUT2D eigenvalue weighted by Gasteiger charge is -2.07. The van der Waals surface area contributed by atoms with E-state index in [-0.39, 0.29) is 0 Å². The van der Waals surface area contributed by atoms with Gasteiger partial charge in [-0.1, -0.05) is 19.1 Å². The van der Waals surface area contributed by atoms with Crippen LogP contribution in [0.25, 0.3) is 0 Å². The first-order valence-electron chi connectivity index (χ1n) is 5.10. The maximum absolute atomic E-state index is 9.13. The molecular weight excluding hydrogens is 176 g/mol. The highest BCUT2D eigenvalue weighted by Gasteiger charge is 2.38. The molecule has 1 aromatic carbocycles. The summed E-state index contributed by atoms with van der Waals surface area (Å²) in [6.45, 7) is 4.32. The van der Waals surface area contributed by atoms with Gasteiger partial charge in [-0.3, -0.25) is 0 Å². The summed E-state index contributed by atoms with van der Waals surface area (Å²) in [6.07, 6.45) is 1.89. The summed E-state index contributed by atoms with van der Waals surface area (Å²) in [5, 5.41) is 9.13. The van der Waals surface area contributed by atoms with Crippen LogP contribution in [0.3, 0.4) is 0 Å². The van der Waals surface area contributed by atoms with Gasteiger partial charge in [0.2, 0.25) is 0 Å². The fraction of sp³-hybridized carbons (Fsp3) is 0.500. The molecule has 1 N–H and O–H groups in total. The minimum Gasteiger partial charge on any atom is -0.508 e. The highest BCUT2D eigenvalue weighted by Crippen LogP contribution is 2.30. The van der Waals surface area contributed by atoms with Crippen molar-refractivity contribution in [3.63, 3.8) is 0 Å². The normalized spacial score (nSPS) is 27.3. The Morgan fingerprint density at radius 2 is 1.93 bits per heavy atom. The van der Waals surface area contributed by atoms with Crippen LogP contribution in [0.1, 0.15) is 19.4 Å². The quantitative estimate of drug-likeness (QED) is 0.746. The molecule has 0 radical (unpaired) electrons. The van der Waals surface area contributed by atoms with Gasteiger partial charge in [-0.2, -0.15) is 0 Å². The smallest absolute Gasteiger partial charge is 0.115 e. The lowest BCUT2D eigenvalue weighted by atomic mass is 9.97. The summed E-state index contributed by atoms with van der Waals surface area (Å²) in [5.41, 5.74) is 1.26. The molecule has 0 aliphatic carbocycles. The Morgan fingerprint density at radius 3 is 2.43 bits per heavy atom. The van der Waals surface area contributed by atoms with E-state index < -0.39 is 0 Å².